The number of benzene rings is 1. The van der Waals surface area contributed by atoms with Crippen LogP contribution in [0.1, 0.15) is 32.6 Å². The molecular formula is C17H18ClF4NO2. The van der Waals surface area contributed by atoms with Crippen LogP contribution in [0.4, 0.5) is 22.4 Å². The number of para-hydroxylation sites is 1. The first-order valence-corrected chi connectivity index (χ1v) is 8.09. The molecule has 0 amide bonds. The van der Waals surface area contributed by atoms with E-state index >= 15 is 0 Å². The van der Waals surface area contributed by atoms with Gasteiger partial charge in [-0.1, -0.05) is 18.2 Å². The largest absolute Gasteiger partial charge is 0.443 e. The lowest BCUT2D eigenvalue weighted by Gasteiger charge is -2.24. The Balaban J connectivity index is 2.59. The fraction of sp³-hybridized carbons (Fsp3) is 0.471. The molecule has 1 heterocycles. The molecule has 1 aromatic heterocycles. The Bertz CT molecular complexity index is 764. The lowest BCUT2D eigenvalue weighted by atomic mass is 10.0. The predicted molar refractivity (Wildman–Crippen MR) is 87.7 cm³/mol. The third-order valence-corrected chi connectivity index (χ3v) is 3.87. The van der Waals surface area contributed by atoms with Gasteiger partial charge in [0, 0.05) is 11.3 Å². The molecule has 8 heteroatoms. The van der Waals surface area contributed by atoms with Crippen molar-refractivity contribution in [2.75, 3.05) is 5.88 Å². The highest BCUT2D eigenvalue weighted by Crippen LogP contribution is 2.41. The number of ether oxygens (including phenoxy) is 1. The van der Waals surface area contributed by atoms with Gasteiger partial charge in [0.2, 0.25) is 0 Å². The number of nitrogens with zero attached hydrogens (tertiary/aromatic N) is 1. The van der Waals surface area contributed by atoms with E-state index in [1.165, 1.54) is 12.1 Å². The second-order valence-electron chi connectivity index (χ2n) is 6.65. The number of hydrogen-bond donors (Lipinski definition) is 0. The second kappa shape index (κ2) is 6.86. The summed E-state index contributed by atoms with van der Waals surface area (Å²) in [7, 11) is 0. The molecule has 3 nitrogen and oxygen atoms in total. The minimum atomic E-state index is -4.84. The number of halogens is 5. The van der Waals surface area contributed by atoms with Crippen LogP contribution in [-0.4, -0.2) is 28.3 Å². The molecule has 0 aliphatic carbocycles. The number of carbonyl (C=O) groups is 1. The summed E-state index contributed by atoms with van der Waals surface area (Å²) in [6.45, 7) is 4.83. The molecule has 0 N–H and O–H groups in total. The Morgan fingerprint density at radius 2 is 1.84 bits per heavy atom. The molecular weight excluding hydrogens is 362 g/mol. The topological polar surface area (TPSA) is 31.2 Å². The fourth-order valence-electron chi connectivity index (χ4n) is 2.43. The van der Waals surface area contributed by atoms with Gasteiger partial charge in [-0.2, -0.15) is 13.2 Å². The number of carbonyl (C=O) groups excluding carboxylic acids is 1. The van der Waals surface area contributed by atoms with Gasteiger partial charge in [-0.25, -0.2) is 13.8 Å². The van der Waals surface area contributed by atoms with Crippen LogP contribution in [0.25, 0.3) is 10.9 Å². The van der Waals surface area contributed by atoms with Gasteiger partial charge < -0.3 is 4.74 Å². The highest BCUT2D eigenvalue weighted by Gasteiger charge is 2.46. The minimum Gasteiger partial charge on any atom is -0.443 e. The van der Waals surface area contributed by atoms with Crippen molar-refractivity contribution in [3.05, 3.63) is 36.0 Å². The van der Waals surface area contributed by atoms with Crippen LogP contribution < -0.4 is 0 Å². The van der Waals surface area contributed by atoms with Crippen LogP contribution in [0.5, 0.6) is 0 Å². The van der Waals surface area contributed by atoms with Crippen molar-refractivity contribution >= 4 is 28.6 Å². The predicted octanol–water partition coefficient (Wildman–Crippen LogP) is 5.85. The zero-order valence-corrected chi connectivity index (χ0v) is 14.7. The van der Waals surface area contributed by atoms with Crippen LogP contribution in [0.2, 0.25) is 0 Å². The lowest BCUT2D eigenvalue weighted by Crippen LogP contribution is -2.32. The van der Waals surface area contributed by atoms with Crippen molar-refractivity contribution in [2.45, 2.75) is 38.7 Å². The number of rotatable bonds is 3. The maximum Gasteiger partial charge on any atom is 0.419 e. The zero-order chi connectivity index (χ0) is 19.0. The van der Waals surface area contributed by atoms with Crippen LogP contribution >= 0.6 is 11.6 Å². The fourth-order valence-corrected chi connectivity index (χ4v) is 2.76. The van der Waals surface area contributed by atoms with Gasteiger partial charge in [-0.3, -0.25) is 0 Å². The van der Waals surface area contributed by atoms with Gasteiger partial charge in [0.15, 0.2) is 6.17 Å². The summed E-state index contributed by atoms with van der Waals surface area (Å²) < 4.78 is 60.0. The average molecular weight is 380 g/mol. The number of fused-ring (bicyclic) bond motifs is 1. The summed E-state index contributed by atoms with van der Waals surface area (Å²) >= 11 is 5.35. The van der Waals surface area contributed by atoms with E-state index < -0.39 is 41.5 Å². The van der Waals surface area contributed by atoms with Crippen molar-refractivity contribution < 1.29 is 27.1 Å². The van der Waals surface area contributed by atoms with Crippen LogP contribution in [0.15, 0.2) is 30.3 Å². The summed E-state index contributed by atoms with van der Waals surface area (Å²) in [5.41, 5.74) is -1.05. The quantitative estimate of drug-likeness (QED) is 0.494. The van der Waals surface area contributed by atoms with E-state index in [1.54, 1.807) is 39.0 Å². The van der Waals surface area contributed by atoms with Gasteiger partial charge in [0.25, 0.3) is 0 Å². The van der Waals surface area contributed by atoms with Gasteiger partial charge in [0.05, 0.1) is 11.2 Å². The number of hydrogen-bond acceptors (Lipinski definition) is 2. The number of alkyl halides is 5. The van der Waals surface area contributed by atoms with E-state index in [2.05, 4.69) is 0 Å². The van der Waals surface area contributed by atoms with Gasteiger partial charge in [-0.05, 0) is 32.9 Å². The van der Waals surface area contributed by atoms with E-state index in [9.17, 15) is 22.4 Å². The molecule has 25 heavy (non-hydrogen) atoms. The molecule has 0 spiro atoms. The first-order chi connectivity index (χ1) is 11.5. The molecule has 0 aliphatic rings. The molecule has 2 aromatic rings. The Labute approximate surface area is 147 Å². The molecule has 2 rings (SSSR count). The Hall–Kier alpha value is -1.76. The summed E-state index contributed by atoms with van der Waals surface area (Å²) in [6.07, 6.45) is -8.28. The maximum absolute atomic E-state index is 14.8. The summed E-state index contributed by atoms with van der Waals surface area (Å²) in [6, 6.07) is 7.55. The standard InChI is InChI=1S/C17H18ClF4NO2/c1-16(2,3)25-15(24)23-12-7-5-4-6-10(12)8-13(23)14(19)11(9-18)17(20,21)22/h4-8,11,14H,9H2,1-3H3. The molecule has 0 radical (unpaired) electrons. The zero-order valence-electron chi connectivity index (χ0n) is 13.9. The van der Waals surface area contributed by atoms with Crippen LogP contribution in [-0.2, 0) is 4.74 Å². The van der Waals surface area contributed by atoms with E-state index in [0.29, 0.717) is 5.39 Å². The normalized spacial score (nSPS) is 15.2. The van der Waals surface area contributed by atoms with E-state index in [-0.39, 0.29) is 5.52 Å². The lowest BCUT2D eigenvalue weighted by molar-refractivity contribution is -0.185. The molecule has 0 aliphatic heterocycles. The molecule has 2 atom stereocenters. The van der Waals surface area contributed by atoms with Gasteiger partial charge >= 0.3 is 12.3 Å². The molecule has 0 bridgehead atoms. The van der Waals surface area contributed by atoms with Gasteiger partial charge in [-0.15, -0.1) is 11.6 Å². The monoisotopic (exact) mass is 379 g/mol. The molecule has 2 unspecified atom stereocenters. The van der Waals surface area contributed by atoms with E-state index in [1.807, 2.05) is 0 Å². The SMILES string of the molecule is CC(C)(C)OC(=O)n1c(C(F)C(CCl)C(F)(F)F)cc2ccccc21. The highest BCUT2D eigenvalue weighted by molar-refractivity contribution is 6.18. The summed E-state index contributed by atoms with van der Waals surface area (Å²) in [5, 5.41) is 0.432. The average Bonchev–Trinajstić information content (AvgIpc) is 2.83. The summed E-state index contributed by atoms with van der Waals surface area (Å²) in [5.74, 6) is -3.39. The van der Waals surface area contributed by atoms with Crippen LogP contribution in [0.3, 0.4) is 0 Å². The summed E-state index contributed by atoms with van der Waals surface area (Å²) in [4.78, 5) is 12.5. The minimum absolute atomic E-state index is 0.268. The Morgan fingerprint density at radius 3 is 2.36 bits per heavy atom. The molecule has 0 fully saturated rings. The van der Waals surface area contributed by atoms with Crippen molar-refractivity contribution in [1.29, 1.82) is 0 Å². The third-order valence-electron chi connectivity index (χ3n) is 3.54. The first-order valence-electron chi connectivity index (χ1n) is 7.56. The number of aromatic nitrogens is 1. The first kappa shape index (κ1) is 19.6. The Morgan fingerprint density at radius 1 is 1.24 bits per heavy atom. The third kappa shape index (κ3) is 4.26. The molecule has 1 aromatic carbocycles. The highest BCUT2D eigenvalue weighted by atomic mass is 35.5. The molecule has 0 saturated carbocycles. The van der Waals surface area contributed by atoms with Gasteiger partial charge in [0.1, 0.15) is 11.5 Å². The smallest absolute Gasteiger partial charge is 0.419 e. The van der Waals surface area contributed by atoms with Crippen molar-refractivity contribution in [2.24, 2.45) is 5.92 Å². The maximum atomic E-state index is 14.8. The van der Waals surface area contributed by atoms with E-state index in [0.717, 1.165) is 4.57 Å². The van der Waals surface area contributed by atoms with Crippen molar-refractivity contribution in [3.8, 4) is 0 Å². The Kier molecular flexibility index (Phi) is 5.37. The van der Waals surface area contributed by atoms with Crippen molar-refractivity contribution in [3.63, 3.8) is 0 Å². The van der Waals surface area contributed by atoms with E-state index in [4.69, 9.17) is 16.3 Å². The molecule has 0 saturated heterocycles. The van der Waals surface area contributed by atoms with Crippen molar-refractivity contribution in [1.82, 2.24) is 4.57 Å². The van der Waals surface area contributed by atoms with Crippen LogP contribution in [0, 0.1) is 5.92 Å². The molecule has 138 valence electrons. The second-order valence-corrected chi connectivity index (χ2v) is 6.96.